The lowest BCUT2D eigenvalue weighted by molar-refractivity contribution is 0.881. The van der Waals surface area contributed by atoms with Crippen LogP contribution in [0, 0.1) is 0 Å². The van der Waals surface area contributed by atoms with E-state index in [1.54, 1.807) is 6.07 Å². The Bertz CT molecular complexity index is 898. The van der Waals surface area contributed by atoms with E-state index in [1.165, 1.54) is 11.1 Å². The van der Waals surface area contributed by atoms with E-state index >= 15 is 0 Å². The minimum Gasteiger partial charge on any atom is -0.369 e. The van der Waals surface area contributed by atoms with E-state index in [0.717, 1.165) is 42.1 Å². The van der Waals surface area contributed by atoms with Crippen molar-refractivity contribution in [1.29, 1.82) is 0 Å². The van der Waals surface area contributed by atoms with Crippen LogP contribution in [0.1, 0.15) is 18.1 Å². The van der Waals surface area contributed by atoms with Crippen molar-refractivity contribution in [2.45, 2.75) is 19.8 Å². The number of aromatic nitrogens is 2. The van der Waals surface area contributed by atoms with Gasteiger partial charge in [-0.15, -0.1) is 0 Å². The highest BCUT2D eigenvalue weighted by molar-refractivity contribution is 6.36. The Hall–Kier alpha value is -1.97. The lowest BCUT2D eigenvalue weighted by Crippen LogP contribution is -2.04. The van der Waals surface area contributed by atoms with Crippen molar-refractivity contribution in [3.63, 3.8) is 0 Å². The molecule has 0 spiro atoms. The van der Waals surface area contributed by atoms with Crippen LogP contribution in [0.3, 0.4) is 0 Å². The third-order valence-electron chi connectivity index (χ3n) is 4.43. The van der Waals surface area contributed by atoms with Gasteiger partial charge >= 0.3 is 0 Å². The molecule has 0 bridgehead atoms. The number of nitrogens with zero attached hydrogens (tertiary/aromatic N) is 2. The molecule has 0 atom stereocenters. The van der Waals surface area contributed by atoms with E-state index < -0.39 is 0 Å². The molecule has 0 radical (unpaired) electrons. The third kappa shape index (κ3) is 2.58. The van der Waals surface area contributed by atoms with Crippen LogP contribution in [0.5, 0.6) is 0 Å². The number of rotatable bonds is 3. The lowest BCUT2D eigenvalue weighted by Gasteiger charge is -2.07. The molecule has 0 aliphatic carbocycles. The van der Waals surface area contributed by atoms with E-state index in [4.69, 9.17) is 28.3 Å². The monoisotopic (exact) mass is 357 g/mol. The van der Waals surface area contributed by atoms with Gasteiger partial charge in [-0.05, 0) is 48.7 Å². The summed E-state index contributed by atoms with van der Waals surface area (Å²) in [4.78, 5) is 0. The van der Waals surface area contributed by atoms with Gasteiger partial charge in [-0.25, -0.2) is 4.68 Å². The Morgan fingerprint density at radius 2 is 1.92 bits per heavy atom. The summed E-state index contributed by atoms with van der Waals surface area (Å²) in [6, 6.07) is 14.1. The number of hydrogen-bond acceptors (Lipinski definition) is 2. The molecule has 122 valence electrons. The van der Waals surface area contributed by atoms with Gasteiger partial charge in [0, 0.05) is 22.7 Å². The summed E-state index contributed by atoms with van der Waals surface area (Å²) in [5.41, 5.74) is 5.42. The van der Waals surface area contributed by atoms with E-state index in [9.17, 15) is 0 Å². The van der Waals surface area contributed by atoms with Crippen molar-refractivity contribution >= 4 is 29.0 Å². The third-order valence-corrected chi connectivity index (χ3v) is 4.97. The number of hydrogen-bond donors (Lipinski definition) is 1. The number of benzene rings is 2. The predicted molar refractivity (Wildman–Crippen MR) is 101 cm³/mol. The number of aryl methyl sites for hydroxylation is 1. The Labute approximate surface area is 151 Å². The van der Waals surface area contributed by atoms with Gasteiger partial charge in [0.25, 0.3) is 0 Å². The molecule has 2 aromatic carbocycles. The van der Waals surface area contributed by atoms with Gasteiger partial charge in [0.15, 0.2) is 0 Å². The topological polar surface area (TPSA) is 29.9 Å². The number of anilines is 1. The van der Waals surface area contributed by atoms with Crippen molar-refractivity contribution in [2.24, 2.45) is 0 Å². The van der Waals surface area contributed by atoms with Gasteiger partial charge in [0.2, 0.25) is 0 Å². The zero-order valence-corrected chi connectivity index (χ0v) is 14.8. The molecular formula is C19H17Cl2N3. The quantitative estimate of drug-likeness (QED) is 0.682. The van der Waals surface area contributed by atoms with Crippen LogP contribution < -0.4 is 5.32 Å². The average molecular weight is 358 g/mol. The largest absolute Gasteiger partial charge is 0.369 e. The first kappa shape index (κ1) is 15.6. The fraction of sp³-hybridized carbons (Fsp3) is 0.211. The maximum absolute atomic E-state index is 6.41. The Kier molecular flexibility index (Phi) is 3.99. The molecule has 2 heterocycles. The Morgan fingerprint density at radius 1 is 1.12 bits per heavy atom. The molecule has 24 heavy (non-hydrogen) atoms. The second-order valence-corrected chi connectivity index (χ2v) is 6.75. The highest BCUT2D eigenvalue weighted by Crippen LogP contribution is 2.38. The first-order chi connectivity index (χ1) is 11.7. The van der Waals surface area contributed by atoms with Crippen LogP contribution in [-0.4, -0.2) is 16.3 Å². The second kappa shape index (κ2) is 6.15. The standard InChI is InChI=1S/C19H17Cl2N3/c1-2-12-3-6-14(7-4-12)24-19-16(9-10-22-19)18(23-24)15-8-5-13(20)11-17(15)21/h3-8,11,22H,2,9-10H2,1H3. The predicted octanol–water partition coefficient (Wildman–Crippen LogP) is 5.38. The summed E-state index contributed by atoms with van der Waals surface area (Å²) in [5.74, 6) is 1.06. The second-order valence-electron chi connectivity index (χ2n) is 5.91. The highest BCUT2D eigenvalue weighted by Gasteiger charge is 2.25. The van der Waals surface area contributed by atoms with Crippen molar-refractivity contribution in [1.82, 2.24) is 9.78 Å². The molecular weight excluding hydrogens is 341 g/mol. The molecule has 3 nitrogen and oxygen atoms in total. The summed E-state index contributed by atoms with van der Waals surface area (Å²) in [7, 11) is 0. The van der Waals surface area contributed by atoms with Crippen LogP contribution in [-0.2, 0) is 12.8 Å². The molecule has 1 aliphatic heterocycles. The molecule has 0 fully saturated rings. The van der Waals surface area contributed by atoms with E-state index in [-0.39, 0.29) is 0 Å². The Morgan fingerprint density at radius 3 is 2.62 bits per heavy atom. The molecule has 4 rings (SSSR count). The van der Waals surface area contributed by atoms with Crippen LogP contribution in [0.15, 0.2) is 42.5 Å². The van der Waals surface area contributed by atoms with Crippen molar-refractivity contribution in [3.05, 3.63) is 63.6 Å². The maximum atomic E-state index is 6.41. The van der Waals surface area contributed by atoms with E-state index in [2.05, 4.69) is 36.5 Å². The average Bonchev–Trinajstić information content (AvgIpc) is 3.18. The van der Waals surface area contributed by atoms with Gasteiger partial charge in [-0.2, -0.15) is 5.10 Å². The molecule has 0 saturated carbocycles. The molecule has 0 unspecified atom stereocenters. The molecule has 3 aromatic rings. The molecule has 1 N–H and O–H groups in total. The minimum absolute atomic E-state index is 0.628. The Balaban J connectivity index is 1.85. The summed E-state index contributed by atoms with van der Waals surface area (Å²) in [6.07, 6.45) is 1.97. The van der Waals surface area contributed by atoms with Crippen LogP contribution in [0.25, 0.3) is 16.9 Å². The zero-order valence-electron chi connectivity index (χ0n) is 13.3. The van der Waals surface area contributed by atoms with Crippen molar-refractivity contribution in [2.75, 3.05) is 11.9 Å². The van der Waals surface area contributed by atoms with E-state index in [1.807, 2.05) is 16.8 Å². The normalized spacial score (nSPS) is 13.0. The SMILES string of the molecule is CCc1ccc(-n2nc(-c3ccc(Cl)cc3Cl)c3c2NCC3)cc1. The maximum Gasteiger partial charge on any atom is 0.133 e. The van der Waals surface area contributed by atoms with Crippen molar-refractivity contribution in [3.8, 4) is 16.9 Å². The fourth-order valence-corrected chi connectivity index (χ4v) is 3.63. The molecule has 0 amide bonds. The van der Waals surface area contributed by atoms with Gasteiger partial charge in [-0.1, -0.05) is 42.3 Å². The first-order valence-corrected chi connectivity index (χ1v) is 8.83. The summed E-state index contributed by atoms with van der Waals surface area (Å²) < 4.78 is 1.97. The molecule has 0 saturated heterocycles. The van der Waals surface area contributed by atoms with Crippen LogP contribution in [0.2, 0.25) is 10.0 Å². The minimum atomic E-state index is 0.628. The lowest BCUT2D eigenvalue weighted by atomic mass is 10.1. The van der Waals surface area contributed by atoms with Gasteiger partial charge in [0.1, 0.15) is 5.82 Å². The van der Waals surface area contributed by atoms with Gasteiger partial charge in [-0.3, -0.25) is 0 Å². The molecule has 1 aromatic heterocycles. The molecule has 1 aliphatic rings. The van der Waals surface area contributed by atoms with Crippen LogP contribution in [0.4, 0.5) is 5.82 Å². The van der Waals surface area contributed by atoms with Crippen LogP contribution >= 0.6 is 23.2 Å². The summed E-state index contributed by atoms with van der Waals surface area (Å²) in [6.45, 7) is 3.07. The fourth-order valence-electron chi connectivity index (χ4n) is 3.13. The highest BCUT2D eigenvalue weighted by atomic mass is 35.5. The number of fused-ring (bicyclic) bond motifs is 1. The number of nitrogens with one attached hydrogen (secondary N) is 1. The van der Waals surface area contributed by atoms with Gasteiger partial charge < -0.3 is 5.32 Å². The summed E-state index contributed by atoms with van der Waals surface area (Å²) in [5, 5.41) is 9.55. The number of halogens is 2. The smallest absolute Gasteiger partial charge is 0.133 e. The van der Waals surface area contributed by atoms with Gasteiger partial charge in [0.05, 0.1) is 16.4 Å². The first-order valence-electron chi connectivity index (χ1n) is 8.08. The van der Waals surface area contributed by atoms with Crippen molar-refractivity contribution < 1.29 is 0 Å². The zero-order chi connectivity index (χ0) is 16.7. The summed E-state index contributed by atoms with van der Waals surface area (Å²) >= 11 is 12.4. The van der Waals surface area contributed by atoms with E-state index in [0.29, 0.717) is 10.0 Å². The molecule has 5 heteroatoms.